The number of nitrogens with zero attached hydrogens (tertiary/aromatic N) is 4. The standard InChI is InChI=1S/C11H17N5S/c1-7(2)10-14-15-11(17-10)12-5-9-6-13-16(4)8(9)3/h6-7H,5H2,1-4H3,(H,12,15). The van der Waals surface area contributed by atoms with E-state index in [9.17, 15) is 0 Å². The van der Waals surface area contributed by atoms with E-state index < -0.39 is 0 Å². The first-order chi connectivity index (χ1) is 8.08. The van der Waals surface area contributed by atoms with Crippen LogP contribution in [0.25, 0.3) is 0 Å². The highest BCUT2D eigenvalue weighted by molar-refractivity contribution is 7.15. The lowest BCUT2D eigenvalue weighted by atomic mass is 10.2. The van der Waals surface area contributed by atoms with Gasteiger partial charge >= 0.3 is 0 Å². The summed E-state index contributed by atoms with van der Waals surface area (Å²) in [6.07, 6.45) is 1.88. The summed E-state index contributed by atoms with van der Waals surface area (Å²) < 4.78 is 1.87. The van der Waals surface area contributed by atoms with E-state index in [-0.39, 0.29) is 0 Å². The van der Waals surface area contributed by atoms with Gasteiger partial charge in [-0.15, -0.1) is 10.2 Å². The minimum atomic E-state index is 0.433. The molecule has 2 aromatic rings. The van der Waals surface area contributed by atoms with E-state index in [2.05, 4.69) is 41.4 Å². The molecule has 0 unspecified atom stereocenters. The summed E-state index contributed by atoms with van der Waals surface area (Å²) in [5, 5.41) is 17.7. The van der Waals surface area contributed by atoms with E-state index >= 15 is 0 Å². The van der Waals surface area contributed by atoms with Gasteiger partial charge in [-0.2, -0.15) is 5.10 Å². The monoisotopic (exact) mass is 251 g/mol. The quantitative estimate of drug-likeness (QED) is 0.906. The molecule has 0 aromatic carbocycles. The molecule has 0 aliphatic carbocycles. The first-order valence-corrected chi connectivity index (χ1v) is 6.44. The molecule has 0 atom stereocenters. The second-order valence-corrected chi connectivity index (χ2v) is 5.34. The van der Waals surface area contributed by atoms with E-state index in [1.165, 1.54) is 11.3 Å². The van der Waals surface area contributed by atoms with Gasteiger partial charge in [0, 0.05) is 30.8 Å². The lowest BCUT2D eigenvalue weighted by Crippen LogP contribution is -2.01. The number of hydrogen-bond donors (Lipinski definition) is 1. The number of hydrogen-bond acceptors (Lipinski definition) is 5. The second-order valence-electron chi connectivity index (χ2n) is 4.33. The van der Waals surface area contributed by atoms with Gasteiger partial charge in [-0.05, 0) is 6.92 Å². The maximum atomic E-state index is 4.21. The summed E-state index contributed by atoms with van der Waals surface area (Å²) in [5.41, 5.74) is 2.36. The van der Waals surface area contributed by atoms with Crippen molar-refractivity contribution in [1.82, 2.24) is 20.0 Å². The Bertz CT molecular complexity index is 500. The van der Waals surface area contributed by atoms with E-state index in [1.807, 2.05) is 17.9 Å². The first kappa shape index (κ1) is 12.0. The van der Waals surface area contributed by atoms with Crippen molar-refractivity contribution >= 4 is 16.5 Å². The number of aromatic nitrogens is 4. The molecule has 2 rings (SSSR count). The topological polar surface area (TPSA) is 55.6 Å². The molecular formula is C11H17N5S. The largest absolute Gasteiger partial charge is 0.356 e. The van der Waals surface area contributed by atoms with Crippen LogP contribution < -0.4 is 5.32 Å². The van der Waals surface area contributed by atoms with Gasteiger partial charge in [0.25, 0.3) is 0 Å². The zero-order chi connectivity index (χ0) is 12.4. The molecule has 0 bridgehead atoms. The highest BCUT2D eigenvalue weighted by Crippen LogP contribution is 2.22. The average Bonchev–Trinajstić information content (AvgIpc) is 2.86. The lowest BCUT2D eigenvalue weighted by Gasteiger charge is -2.01. The fourth-order valence-electron chi connectivity index (χ4n) is 1.43. The van der Waals surface area contributed by atoms with Crippen LogP contribution in [0.15, 0.2) is 6.20 Å². The van der Waals surface area contributed by atoms with Crippen LogP contribution in [0.4, 0.5) is 5.13 Å². The average molecular weight is 251 g/mol. The lowest BCUT2D eigenvalue weighted by molar-refractivity contribution is 0.738. The van der Waals surface area contributed by atoms with Crippen LogP contribution in [0.2, 0.25) is 0 Å². The Kier molecular flexibility index (Phi) is 3.42. The van der Waals surface area contributed by atoms with Crippen LogP contribution in [0, 0.1) is 6.92 Å². The third-order valence-corrected chi connectivity index (χ3v) is 3.88. The second kappa shape index (κ2) is 4.83. The molecule has 0 fully saturated rings. The zero-order valence-electron chi connectivity index (χ0n) is 10.6. The highest BCUT2D eigenvalue weighted by atomic mass is 32.1. The van der Waals surface area contributed by atoms with Gasteiger partial charge in [0.2, 0.25) is 5.13 Å². The fourth-order valence-corrected chi connectivity index (χ4v) is 2.17. The van der Waals surface area contributed by atoms with E-state index in [0.717, 1.165) is 16.7 Å². The summed E-state index contributed by atoms with van der Waals surface area (Å²) in [6, 6.07) is 0. The Hall–Kier alpha value is -1.43. The van der Waals surface area contributed by atoms with Gasteiger partial charge in [-0.3, -0.25) is 4.68 Å². The molecule has 0 radical (unpaired) electrons. The molecule has 92 valence electrons. The highest BCUT2D eigenvalue weighted by Gasteiger charge is 2.08. The fraction of sp³-hybridized carbons (Fsp3) is 0.545. The first-order valence-electron chi connectivity index (χ1n) is 5.62. The number of rotatable bonds is 4. The molecule has 0 saturated carbocycles. The molecule has 0 aliphatic heterocycles. The van der Waals surface area contributed by atoms with Gasteiger partial charge in [0.15, 0.2) is 0 Å². The van der Waals surface area contributed by atoms with Crippen LogP contribution in [-0.2, 0) is 13.6 Å². The van der Waals surface area contributed by atoms with Crippen molar-refractivity contribution in [2.45, 2.75) is 33.2 Å². The Morgan fingerprint density at radius 2 is 2.18 bits per heavy atom. The third kappa shape index (κ3) is 2.63. The normalized spacial score (nSPS) is 11.1. The molecule has 6 heteroatoms. The molecule has 2 aromatic heterocycles. The van der Waals surface area contributed by atoms with Crippen molar-refractivity contribution < 1.29 is 0 Å². The zero-order valence-corrected chi connectivity index (χ0v) is 11.4. The molecule has 0 saturated heterocycles. The molecule has 1 N–H and O–H groups in total. The van der Waals surface area contributed by atoms with Crippen LogP contribution >= 0.6 is 11.3 Å². The molecule has 5 nitrogen and oxygen atoms in total. The summed E-state index contributed by atoms with van der Waals surface area (Å²) in [6.45, 7) is 7.04. The number of nitrogens with one attached hydrogen (secondary N) is 1. The van der Waals surface area contributed by atoms with Gasteiger partial charge < -0.3 is 5.32 Å². The van der Waals surface area contributed by atoms with Crippen molar-refractivity contribution in [1.29, 1.82) is 0 Å². The number of anilines is 1. The SMILES string of the molecule is Cc1c(CNc2nnc(C(C)C)s2)cnn1C. The van der Waals surface area contributed by atoms with Crippen molar-refractivity contribution in [3.63, 3.8) is 0 Å². The summed E-state index contributed by atoms with van der Waals surface area (Å²) in [7, 11) is 1.95. The van der Waals surface area contributed by atoms with E-state index in [4.69, 9.17) is 0 Å². The van der Waals surface area contributed by atoms with Crippen LogP contribution in [0.1, 0.15) is 36.0 Å². The van der Waals surface area contributed by atoms with Crippen LogP contribution in [-0.4, -0.2) is 20.0 Å². The number of aryl methyl sites for hydroxylation is 1. The molecule has 17 heavy (non-hydrogen) atoms. The summed E-state index contributed by atoms with van der Waals surface area (Å²) in [5.74, 6) is 0.433. The Morgan fingerprint density at radius 3 is 2.71 bits per heavy atom. The predicted molar refractivity (Wildman–Crippen MR) is 69.3 cm³/mol. The summed E-state index contributed by atoms with van der Waals surface area (Å²) in [4.78, 5) is 0. The van der Waals surface area contributed by atoms with E-state index in [1.54, 1.807) is 11.3 Å². The molecule has 0 amide bonds. The molecule has 0 aliphatic rings. The van der Waals surface area contributed by atoms with Crippen molar-refractivity contribution in [2.75, 3.05) is 5.32 Å². The van der Waals surface area contributed by atoms with Crippen molar-refractivity contribution in [2.24, 2.45) is 7.05 Å². The van der Waals surface area contributed by atoms with Gasteiger partial charge in [0.05, 0.1) is 6.20 Å². The van der Waals surface area contributed by atoms with Gasteiger partial charge in [-0.25, -0.2) is 0 Å². The smallest absolute Gasteiger partial charge is 0.205 e. The van der Waals surface area contributed by atoms with Crippen LogP contribution in [0.5, 0.6) is 0 Å². The molecular weight excluding hydrogens is 234 g/mol. The van der Waals surface area contributed by atoms with Gasteiger partial charge in [0.1, 0.15) is 5.01 Å². The maximum absolute atomic E-state index is 4.21. The molecule has 2 heterocycles. The van der Waals surface area contributed by atoms with Crippen LogP contribution in [0.3, 0.4) is 0 Å². The Morgan fingerprint density at radius 1 is 1.41 bits per heavy atom. The van der Waals surface area contributed by atoms with Crippen molar-refractivity contribution in [3.05, 3.63) is 22.5 Å². The van der Waals surface area contributed by atoms with Gasteiger partial charge in [-0.1, -0.05) is 25.2 Å². The minimum absolute atomic E-state index is 0.433. The Labute approximate surface area is 105 Å². The third-order valence-electron chi connectivity index (χ3n) is 2.70. The van der Waals surface area contributed by atoms with E-state index in [0.29, 0.717) is 5.92 Å². The Balaban J connectivity index is 2.00. The minimum Gasteiger partial charge on any atom is -0.356 e. The summed E-state index contributed by atoms with van der Waals surface area (Å²) >= 11 is 1.61. The molecule has 0 spiro atoms. The maximum Gasteiger partial charge on any atom is 0.205 e. The van der Waals surface area contributed by atoms with Crippen molar-refractivity contribution in [3.8, 4) is 0 Å². The predicted octanol–water partition coefficient (Wildman–Crippen LogP) is 2.32.